The summed E-state index contributed by atoms with van der Waals surface area (Å²) < 4.78 is 10.8. The number of carbonyl (C=O) groups excluding carboxylic acids is 3. The van der Waals surface area contributed by atoms with Gasteiger partial charge in [-0.15, -0.1) is 0 Å². The standard InChI is InChI=1S/C18H14ClN3O7/c1-20-16(23)11(17(24)21(2)18(20)25)6-9-4-5-14(29-9)10-7-12(19)13(22(26)27)8-15(10)28-3/h4-8H,1-3H3. The van der Waals surface area contributed by atoms with Gasteiger partial charge in [-0.25, -0.2) is 4.79 Å². The SMILES string of the molecule is COc1cc([N+](=O)[O-])c(Cl)cc1-c1ccc(C=C2C(=O)N(C)C(=O)N(C)C2=O)o1. The highest BCUT2D eigenvalue weighted by Crippen LogP contribution is 2.39. The van der Waals surface area contributed by atoms with Crippen LogP contribution in [-0.4, -0.2) is 53.8 Å². The van der Waals surface area contributed by atoms with E-state index in [1.165, 1.54) is 51.5 Å². The summed E-state index contributed by atoms with van der Waals surface area (Å²) in [6.45, 7) is 0. The lowest BCUT2D eigenvalue weighted by Crippen LogP contribution is -2.52. The van der Waals surface area contributed by atoms with Crippen LogP contribution in [0.15, 0.2) is 34.3 Å². The molecule has 0 saturated carbocycles. The Labute approximate surface area is 169 Å². The predicted octanol–water partition coefficient (Wildman–Crippen LogP) is 2.95. The summed E-state index contributed by atoms with van der Waals surface area (Å²) >= 11 is 5.97. The summed E-state index contributed by atoms with van der Waals surface area (Å²) in [7, 11) is 3.86. The minimum Gasteiger partial charge on any atom is -0.496 e. The number of likely N-dealkylation sites (N-methyl/N-ethyl adjacent to an activating group) is 2. The molecule has 2 heterocycles. The Balaban J connectivity index is 2.02. The number of halogens is 1. The molecule has 0 spiro atoms. The van der Waals surface area contributed by atoms with Crippen LogP contribution >= 0.6 is 11.6 Å². The Morgan fingerprint density at radius 2 is 1.76 bits per heavy atom. The molecule has 4 amide bonds. The Morgan fingerprint density at radius 3 is 2.31 bits per heavy atom. The molecule has 0 N–H and O–H groups in total. The van der Waals surface area contributed by atoms with Gasteiger partial charge in [-0.05, 0) is 24.3 Å². The van der Waals surface area contributed by atoms with Crippen molar-refractivity contribution in [3.63, 3.8) is 0 Å². The molecule has 0 bridgehead atoms. The van der Waals surface area contributed by atoms with Crippen molar-refractivity contribution in [2.24, 2.45) is 0 Å². The summed E-state index contributed by atoms with van der Waals surface area (Å²) in [5, 5.41) is 10.9. The van der Waals surface area contributed by atoms with E-state index in [0.29, 0.717) is 5.56 Å². The molecule has 1 aromatic heterocycles. The number of furan rings is 1. The molecule has 3 rings (SSSR count). The lowest BCUT2D eigenvalue weighted by atomic mass is 10.1. The number of benzene rings is 1. The molecule has 1 aliphatic heterocycles. The Bertz CT molecular complexity index is 1060. The van der Waals surface area contributed by atoms with E-state index >= 15 is 0 Å². The first kappa shape index (κ1) is 20.1. The lowest BCUT2D eigenvalue weighted by molar-refractivity contribution is -0.384. The van der Waals surface area contributed by atoms with Gasteiger partial charge in [0, 0.05) is 14.1 Å². The zero-order chi connectivity index (χ0) is 21.5. The van der Waals surface area contributed by atoms with E-state index in [1.807, 2.05) is 0 Å². The highest BCUT2D eigenvalue weighted by atomic mass is 35.5. The number of carbonyl (C=O) groups is 3. The second-order valence-electron chi connectivity index (χ2n) is 6.03. The molecule has 29 heavy (non-hydrogen) atoms. The number of rotatable bonds is 4. The molecular formula is C18H14ClN3O7. The van der Waals surface area contributed by atoms with E-state index in [0.717, 1.165) is 9.80 Å². The van der Waals surface area contributed by atoms with Crippen molar-refractivity contribution in [1.82, 2.24) is 9.80 Å². The number of imide groups is 2. The van der Waals surface area contributed by atoms with Crippen LogP contribution in [0.4, 0.5) is 10.5 Å². The van der Waals surface area contributed by atoms with E-state index in [-0.39, 0.29) is 33.6 Å². The van der Waals surface area contributed by atoms with Gasteiger partial charge in [0.2, 0.25) is 0 Å². The molecule has 1 fully saturated rings. The Kier molecular flexibility index (Phi) is 5.12. The Morgan fingerprint density at radius 1 is 1.14 bits per heavy atom. The molecule has 0 atom stereocenters. The van der Waals surface area contributed by atoms with E-state index < -0.39 is 22.8 Å². The smallest absolute Gasteiger partial charge is 0.333 e. The normalized spacial score (nSPS) is 14.5. The van der Waals surface area contributed by atoms with Gasteiger partial charge in [-0.1, -0.05) is 11.6 Å². The van der Waals surface area contributed by atoms with Crippen LogP contribution in [0.3, 0.4) is 0 Å². The maximum absolute atomic E-state index is 12.3. The average Bonchev–Trinajstić information content (AvgIpc) is 3.16. The summed E-state index contributed by atoms with van der Waals surface area (Å²) in [6, 6.07) is 4.78. The second-order valence-corrected chi connectivity index (χ2v) is 6.44. The minimum absolute atomic E-state index is 0.110. The maximum Gasteiger partial charge on any atom is 0.333 e. The van der Waals surface area contributed by atoms with Crippen molar-refractivity contribution in [1.29, 1.82) is 0 Å². The van der Waals surface area contributed by atoms with E-state index in [1.54, 1.807) is 0 Å². The molecule has 10 nitrogen and oxygen atoms in total. The van der Waals surface area contributed by atoms with E-state index in [4.69, 9.17) is 20.8 Å². The highest BCUT2D eigenvalue weighted by Gasteiger charge is 2.38. The van der Waals surface area contributed by atoms with Crippen molar-refractivity contribution >= 4 is 41.2 Å². The van der Waals surface area contributed by atoms with Crippen molar-refractivity contribution in [2.45, 2.75) is 0 Å². The molecule has 1 saturated heterocycles. The van der Waals surface area contributed by atoms with Crippen LogP contribution in [0.1, 0.15) is 5.76 Å². The predicted molar refractivity (Wildman–Crippen MR) is 101 cm³/mol. The van der Waals surface area contributed by atoms with Gasteiger partial charge >= 0.3 is 6.03 Å². The van der Waals surface area contributed by atoms with Crippen LogP contribution in [0.25, 0.3) is 17.4 Å². The highest BCUT2D eigenvalue weighted by molar-refractivity contribution is 6.33. The van der Waals surface area contributed by atoms with Gasteiger partial charge in [0.1, 0.15) is 27.9 Å². The number of ether oxygens (including phenoxy) is 1. The second kappa shape index (κ2) is 7.40. The summed E-state index contributed by atoms with van der Waals surface area (Å²) in [5.74, 6) is -0.952. The van der Waals surface area contributed by atoms with Crippen LogP contribution in [0, 0.1) is 10.1 Å². The summed E-state index contributed by atoms with van der Waals surface area (Å²) in [5.41, 5.74) is -0.224. The number of methoxy groups -OCH3 is 1. The first-order valence-electron chi connectivity index (χ1n) is 8.09. The first-order chi connectivity index (χ1) is 13.6. The molecule has 1 aliphatic rings. The molecule has 1 aromatic carbocycles. The van der Waals surface area contributed by atoms with Crippen LogP contribution in [0.5, 0.6) is 5.75 Å². The van der Waals surface area contributed by atoms with Gasteiger partial charge in [0.25, 0.3) is 17.5 Å². The number of hydrogen-bond acceptors (Lipinski definition) is 7. The number of nitro groups is 1. The molecule has 2 aromatic rings. The molecule has 11 heteroatoms. The van der Waals surface area contributed by atoms with Gasteiger partial charge in [-0.2, -0.15) is 0 Å². The molecule has 150 valence electrons. The van der Waals surface area contributed by atoms with Crippen molar-refractivity contribution < 1.29 is 28.5 Å². The van der Waals surface area contributed by atoms with Crippen molar-refractivity contribution in [3.8, 4) is 17.1 Å². The van der Waals surface area contributed by atoms with Crippen LogP contribution in [0.2, 0.25) is 5.02 Å². The number of nitrogens with zero attached hydrogens (tertiary/aromatic N) is 3. The summed E-state index contributed by atoms with van der Waals surface area (Å²) in [6.07, 6.45) is 1.22. The molecular weight excluding hydrogens is 406 g/mol. The number of urea groups is 1. The third-order valence-corrected chi connectivity index (χ3v) is 4.59. The number of nitro benzene ring substituents is 1. The zero-order valence-corrected chi connectivity index (χ0v) is 16.2. The molecule has 0 aliphatic carbocycles. The van der Waals surface area contributed by atoms with Gasteiger partial charge < -0.3 is 9.15 Å². The fraction of sp³-hybridized carbons (Fsp3) is 0.167. The summed E-state index contributed by atoms with van der Waals surface area (Å²) in [4.78, 5) is 48.4. The first-order valence-corrected chi connectivity index (χ1v) is 8.47. The lowest BCUT2D eigenvalue weighted by Gasteiger charge is -2.28. The molecule has 0 radical (unpaired) electrons. The number of barbiturate groups is 1. The topological polar surface area (TPSA) is 123 Å². The van der Waals surface area contributed by atoms with Gasteiger partial charge in [0.05, 0.1) is 23.7 Å². The van der Waals surface area contributed by atoms with Crippen LogP contribution < -0.4 is 4.74 Å². The van der Waals surface area contributed by atoms with Gasteiger partial charge in [0.15, 0.2) is 0 Å². The van der Waals surface area contributed by atoms with E-state index in [9.17, 15) is 24.5 Å². The maximum atomic E-state index is 12.3. The van der Waals surface area contributed by atoms with E-state index in [2.05, 4.69) is 0 Å². The van der Waals surface area contributed by atoms with Crippen LogP contribution in [-0.2, 0) is 9.59 Å². The molecule has 0 unspecified atom stereocenters. The fourth-order valence-electron chi connectivity index (χ4n) is 2.74. The Hall–Kier alpha value is -3.66. The number of amides is 4. The minimum atomic E-state index is -0.757. The zero-order valence-electron chi connectivity index (χ0n) is 15.5. The third kappa shape index (κ3) is 3.45. The quantitative estimate of drug-likeness (QED) is 0.323. The fourth-order valence-corrected chi connectivity index (χ4v) is 2.97. The van der Waals surface area contributed by atoms with Crippen molar-refractivity contribution in [3.05, 3.63) is 50.7 Å². The van der Waals surface area contributed by atoms with Gasteiger partial charge in [-0.3, -0.25) is 29.5 Å². The average molecular weight is 420 g/mol. The van der Waals surface area contributed by atoms with Crippen molar-refractivity contribution in [2.75, 3.05) is 21.2 Å². The number of hydrogen-bond donors (Lipinski definition) is 0. The third-order valence-electron chi connectivity index (χ3n) is 4.29. The monoisotopic (exact) mass is 419 g/mol. The largest absolute Gasteiger partial charge is 0.496 e.